The standard InChI is InChI=1S/C26H24F2N6O/c27-17-8-15(9-18(28)11-17)21-13-33-26-20(10-16(12-32-26)19-2-1-4-31-25(19)29)24(21)34-6-3-22-23(14-34)35-7-5-30-22/h1-2,4,8-13,22-23,30H,3,5-7,14H2,(H2,29,31)/t22-,23-/m0/s1. The monoisotopic (exact) mass is 474 g/mol. The molecule has 3 aromatic heterocycles. The molecule has 2 atom stereocenters. The highest BCUT2D eigenvalue weighted by molar-refractivity contribution is 6.00. The van der Waals surface area contributed by atoms with Crippen molar-refractivity contribution >= 4 is 22.5 Å². The maximum absolute atomic E-state index is 14.2. The average molecular weight is 475 g/mol. The zero-order valence-corrected chi connectivity index (χ0v) is 18.9. The van der Waals surface area contributed by atoms with Gasteiger partial charge >= 0.3 is 0 Å². The molecule has 2 fully saturated rings. The van der Waals surface area contributed by atoms with E-state index in [1.165, 1.54) is 12.1 Å². The fourth-order valence-electron chi connectivity index (χ4n) is 5.11. The summed E-state index contributed by atoms with van der Waals surface area (Å²) < 4.78 is 34.5. The van der Waals surface area contributed by atoms with Gasteiger partial charge in [0.05, 0.1) is 18.4 Å². The van der Waals surface area contributed by atoms with Gasteiger partial charge in [0.1, 0.15) is 17.5 Å². The third-order valence-corrected chi connectivity index (χ3v) is 6.73. The smallest absolute Gasteiger partial charge is 0.161 e. The predicted molar refractivity (Wildman–Crippen MR) is 131 cm³/mol. The first-order chi connectivity index (χ1) is 17.1. The van der Waals surface area contributed by atoms with E-state index < -0.39 is 11.6 Å². The van der Waals surface area contributed by atoms with Gasteiger partial charge in [-0.3, -0.25) is 0 Å². The number of halogens is 2. The van der Waals surface area contributed by atoms with Gasteiger partial charge in [0.15, 0.2) is 5.65 Å². The zero-order chi connectivity index (χ0) is 23.9. The Bertz CT molecular complexity index is 1390. The molecule has 0 spiro atoms. The van der Waals surface area contributed by atoms with E-state index in [0.717, 1.165) is 47.8 Å². The van der Waals surface area contributed by atoms with E-state index in [4.69, 9.17) is 10.5 Å². The van der Waals surface area contributed by atoms with E-state index in [0.29, 0.717) is 35.7 Å². The van der Waals surface area contributed by atoms with Crippen LogP contribution in [0.4, 0.5) is 20.3 Å². The van der Waals surface area contributed by atoms with Gasteiger partial charge in [-0.2, -0.15) is 0 Å². The fraction of sp³-hybridized carbons (Fsp3) is 0.269. The van der Waals surface area contributed by atoms with Gasteiger partial charge in [0.2, 0.25) is 0 Å². The van der Waals surface area contributed by atoms with Crippen molar-refractivity contribution < 1.29 is 13.5 Å². The Labute approximate surface area is 201 Å². The second-order valence-corrected chi connectivity index (χ2v) is 8.91. The molecule has 1 aromatic carbocycles. The van der Waals surface area contributed by atoms with Gasteiger partial charge in [-0.25, -0.2) is 23.7 Å². The van der Waals surface area contributed by atoms with Crippen LogP contribution >= 0.6 is 0 Å². The normalized spacial score (nSPS) is 20.1. The van der Waals surface area contributed by atoms with E-state index in [9.17, 15) is 8.78 Å². The Morgan fingerprint density at radius 1 is 1.00 bits per heavy atom. The molecule has 2 aliphatic heterocycles. The van der Waals surface area contributed by atoms with Crippen molar-refractivity contribution in [3.05, 3.63) is 66.6 Å². The quantitative estimate of drug-likeness (QED) is 0.467. The molecule has 2 saturated heterocycles. The van der Waals surface area contributed by atoms with Crippen LogP contribution in [0.1, 0.15) is 6.42 Å². The number of aromatic nitrogens is 3. The molecule has 0 aliphatic carbocycles. The van der Waals surface area contributed by atoms with Crippen molar-refractivity contribution in [2.24, 2.45) is 0 Å². The molecule has 0 unspecified atom stereocenters. The Balaban J connectivity index is 1.55. The number of piperidine rings is 1. The van der Waals surface area contributed by atoms with E-state index in [-0.39, 0.29) is 12.1 Å². The van der Waals surface area contributed by atoms with E-state index in [2.05, 4.69) is 25.2 Å². The summed E-state index contributed by atoms with van der Waals surface area (Å²) in [6.07, 6.45) is 5.90. The number of hydrogen-bond donors (Lipinski definition) is 2. The summed E-state index contributed by atoms with van der Waals surface area (Å²) in [6.45, 7) is 2.88. The minimum Gasteiger partial charge on any atom is -0.383 e. The first-order valence-corrected chi connectivity index (χ1v) is 11.6. The topological polar surface area (TPSA) is 89.2 Å². The lowest BCUT2D eigenvalue weighted by atomic mass is 9.96. The number of anilines is 2. The number of morpholine rings is 1. The van der Waals surface area contributed by atoms with E-state index in [1.807, 2.05) is 18.2 Å². The summed E-state index contributed by atoms with van der Waals surface area (Å²) in [5.74, 6) is -0.881. The number of pyridine rings is 3. The summed E-state index contributed by atoms with van der Waals surface area (Å²) in [5.41, 5.74) is 10.1. The zero-order valence-electron chi connectivity index (χ0n) is 18.9. The van der Waals surface area contributed by atoms with Gasteiger partial charge in [0.25, 0.3) is 0 Å². The molecule has 0 radical (unpaired) electrons. The van der Waals surface area contributed by atoms with E-state index >= 15 is 0 Å². The number of rotatable bonds is 3. The van der Waals surface area contributed by atoms with Crippen LogP contribution in [0.25, 0.3) is 33.3 Å². The van der Waals surface area contributed by atoms with Crippen LogP contribution in [0.15, 0.2) is 55.0 Å². The van der Waals surface area contributed by atoms with Crippen LogP contribution in [0, 0.1) is 11.6 Å². The Hall–Kier alpha value is -3.69. The first kappa shape index (κ1) is 21.8. The molecule has 3 N–H and O–H groups in total. The largest absolute Gasteiger partial charge is 0.383 e. The molecule has 5 heterocycles. The second kappa shape index (κ2) is 8.83. The maximum Gasteiger partial charge on any atom is 0.161 e. The average Bonchev–Trinajstić information content (AvgIpc) is 2.87. The van der Waals surface area contributed by atoms with Crippen LogP contribution in [0.2, 0.25) is 0 Å². The van der Waals surface area contributed by atoms with Crippen molar-refractivity contribution in [3.63, 3.8) is 0 Å². The Morgan fingerprint density at radius 3 is 2.66 bits per heavy atom. The van der Waals surface area contributed by atoms with Gasteiger partial charge in [-0.15, -0.1) is 0 Å². The first-order valence-electron chi connectivity index (χ1n) is 11.6. The SMILES string of the molecule is Nc1ncccc1-c1cnc2ncc(-c3cc(F)cc(F)c3)c(N3CC[C@@H]4NCCO[C@H]4C3)c2c1. The predicted octanol–water partition coefficient (Wildman–Crippen LogP) is 3.79. The number of nitrogens with zero attached hydrogens (tertiary/aromatic N) is 4. The molecule has 6 rings (SSSR count). The van der Waals surface area contributed by atoms with Crippen molar-refractivity contribution in [1.29, 1.82) is 0 Å². The second-order valence-electron chi connectivity index (χ2n) is 8.91. The maximum atomic E-state index is 14.2. The molecule has 4 aromatic rings. The molecule has 9 heteroatoms. The third kappa shape index (κ3) is 4.06. The van der Waals surface area contributed by atoms with Gasteiger partial charge in [0, 0.05) is 72.4 Å². The molecule has 0 bridgehead atoms. The Morgan fingerprint density at radius 2 is 1.83 bits per heavy atom. The van der Waals surface area contributed by atoms with Crippen molar-refractivity contribution in [2.75, 3.05) is 36.9 Å². The number of nitrogen functional groups attached to an aromatic ring is 1. The summed E-state index contributed by atoms with van der Waals surface area (Å²) in [7, 11) is 0. The molecular formula is C26H24F2N6O. The summed E-state index contributed by atoms with van der Waals surface area (Å²) in [5, 5.41) is 4.31. The molecule has 7 nitrogen and oxygen atoms in total. The van der Waals surface area contributed by atoms with Crippen LogP contribution in [0.5, 0.6) is 0 Å². The number of hydrogen-bond acceptors (Lipinski definition) is 7. The van der Waals surface area contributed by atoms with Crippen molar-refractivity contribution in [3.8, 4) is 22.3 Å². The lowest BCUT2D eigenvalue weighted by molar-refractivity contribution is -0.00896. The summed E-state index contributed by atoms with van der Waals surface area (Å²) in [6, 6.07) is 9.50. The minimum absolute atomic E-state index is 0.0166. The summed E-state index contributed by atoms with van der Waals surface area (Å²) in [4.78, 5) is 15.5. The number of fused-ring (bicyclic) bond motifs is 2. The van der Waals surface area contributed by atoms with Crippen molar-refractivity contribution in [2.45, 2.75) is 18.6 Å². The van der Waals surface area contributed by atoms with Gasteiger partial charge in [-0.05, 0) is 42.3 Å². The van der Waals surface area contributed by atoms with Gasteiger partial charge < -0.3 is 20.7 Å². The molecule has 0 amide bonds. The highest BCUT2D eigenvalue weighted by atomic mass is 19.1. The Kier molecular flexibility index (Phi) is 5.50. The van der Waals surface area contributed by atoms with Crippen LogP contribution in [-0.2, 0) is 4.74 Å². The minimum atomic E-state index is -0.639. The number of nitrogens with two attached hydrogens (primary N) is 1. The number of ether oxygens (including phenoxy) is 1. The van der Waals surface area contributed by atoms with Crippen LogP contribution < -0.4 is 16.0 Å². The lowest BCUT2D eigenvalue weighted by Gasteiger charge is -2.43. The van der Waals surface area contributed by atoms with Crippen molar-refractivity contribution in [1.82, 2.24) is 20.3 Å². The molecule has 178 valence electrons. The molecule has 35 heavy (non-hydrogen) atoms. The molecular weight excluding hydrogens is 450 g/mol. The highest BCUT2D eigenvalue weighted by Crippen LogP contribution is 2.40. The fourth-order valence-corrected chi connectivity index (χ4v) is 5.11. The number of benzene rings is 1. The summed E-state index contributed by atoms with van der Waals surface area (Å²) >= 11 is 0. The lowest BCUT2D eigenvalue weighted by Crippen LogP contribution is -2.57. The highest BCUT2D eigenvalue weighted by Gasteiger charge is 2.33. The molecule has 2 aliphatic rings. The number of nitrogens with one attached hydrogen (secondary N) is 1. The third-order valence-electron chi connectivity index (χ3n) is 6.73. The van der Waals surface area contributed by atoms with Gasteiger partial charge in [-0.1, -0.05) is 0 Å². The molecule has 0 saturated carbocycles. The van der Waals surface area contributed by atoms with Crippen LogP contribution in [0.3, 0.4) is 0 Å². The van der Waals surface area contributed by atoms with Crippen LogP contribution in [-0.4, -0.2) is 53.3 Å². The van der Waals surface area contributed by atoms with E-state index in [1.54, 1.807) is 18.6 Å².